The molecule has 1 aliphatic rings. The lowest BCUT2D eigenvalue weighted by Crippen LogP contribution is -2.38. The summed E-state index contributed by atoms with van der Waals surface area (Å²) in [5.41, 5.74) is 0.819. The highest BCUT2D eigenvalue weighted by Crippen LogP contribution is 2.24. The van der Waals surface area contributed by atoms with Crippen LogP contribution in [0, 0.1) is 0 Å². The second kappa shape index (κ2) is 7.81. The molecule has 2 heterocycles. The van der Waals surface area contributed by atoms with Crippen LogP contribution in [0.1, 0.15) is 37.9 Å². The highest BCUT2D eigenvalue weighted by atomic mass is 16.3. The van der Waals surface area contributed by atoms with Gasteiger partial charge in [-0.05, 0) is 44.9 Å². The van der Waals surface area contributed by atoms with Crippen molar-refractivity contribution in [1.29, 1.82) is 0 Å². The molecule has 1 saturated heterocycles. The van der Waals surface area contributed by atoms with Crippen LogP contribution >= 0.6 is 0 Å². The SMILES string of the molecule is CC(C(=O)NCCCN1CCC(O)CC1)c1cc2ccccc2o1. The number of carbonyl (C=O) groups is 1. The summed E-state index contributed by atoms with van der Waals surface area (Å²) in [6, 6.07) is 9.74. The second-order valence-corrected chi connectivity index (χ2v) is 6.63. The molecule has 2 aromatic rings. The standard InChI is InChI=1S/C19H26N2O3/c1-14(18-13-15-5-2-3-6-17(15)24-18)19(23)20-9-4-10-21-11-7-16(22)8-12-21/h2-3,5-6,13-14,16,22H,4,7-12H2,1H3,(H,20,23). The molecule has 1 fully saturated rings. The lowest BCUT2D eigenvalue weighted by Gasteiger charge is -2.29. The number of aliphatic hydroxyl groups excluding tert-OH is 1. The Morgan fingerprint density at radius 2 is 2.12 bits per heavy atom. The number of piperidine rings is 1. The molecule has 130 valence electrons. The van der Waals surface area contributed by atoms with Crippen molar-refractivity contribution in [2.45, 2.75) is 38.2 Å². The van der Waals surface area contributed by atoms with E-state index in [9.17, 15) is 9.90 Å². The van der Waals surface area contributed by atoms with Gasteiger partial charge in [-0.1, -0.05) is 18.2 Å². The Labute approximate surface area is 142 Å². The highest BCUT2D eigenvalue weighted by Gasteiger charge is 2.20. The Morgan fingerprint density at radius 1 is 1.38 bits per heavy atom. The lowest BCUT2D eigenvalue weighted by atomic mass is 10.1. The van der Waals surface area contributed by atoms with Crippen molar-refractivity contribution in [2.75, 3.05) is 26.2 Å². The number of furan rings is 1. The number of benzene rings is 1. The van der Waals surface area contributed by atoms with Gasteiger partial charge in [0.2, 0.25) is 5.91 Å². The molecule has 1 amide bonds. The first kappa shape index (κ1) is 17.0. The minimum absolute atomic E-state index is 0.00289. The zero-order valence-corrected chi connectivity index (χ0v) is 14.2. The van der Waals surface area contributed by atoms with Gasteiger partial charge in [-0.3, -0.25) is 4.79 Å². The van der Waals surface area contributed by atoms with Crippen molar-refractivity contribution < 1.29 is 14.3 Å². The van der Waals surface area contributed by atoms with E-state index in [2.05, 4.69) is 10.2 Å². The van der Waals surface area contributed by atoms with Crippen molar-refractivity contribution in [2.24, 2.45) is 0 Å². The van der Waals surface area contributed by atoms with Gasteiger partial charge in [0.15, 0.2) is 0 Å². The largest absolute Gasteiger partial charge is 0.460 e. The molecular weight excluding hydrogens is 304 g/mol. The van der Waals surface area contributed by atoms with Crippen LogP contribution in [-0.2, 0) is 4.79 Å². The number of amides is 1. The van der Waals surface area contributed by atoms with Gasteiger partial charge in [0, 0.05) is 25.0 Å². The number of rotatable bonds is 6. The lowest BCUT2D eigenvalue weighted by molar-refractivity contribution is -0.122. The van der Waals surface area contributed by atoms with Gasteiger partial charge < -0.3 is 19.7 Å². The quantitative estimate of drug-likeness (QED) is 0.799. The fourth-order valence-electron chi connectivity index (χ4n) is 3.16. The van der Waals surface area contributed by atoms with Gasteiger partial charge >= 0.3 is 0 Å². The molecule has 5 heteroatoms. The van der Waals surface area contributed by atoms with Crippen molar-refractivity contribution >= 4 is 16.9 Å². The predicted molar refractivity (Wildman–Crippen MR) is 93.9 cm³/mol. The number of aliphatic hydroxyl groups is 1. The van der Waals surface area contributed by atoms with E-state index in [1.807, 2.05) is 37.3 Å². The molecule has 1 aromatic carbocycles. The van der Waals surface area contributed by atoms with E-state index in [0.717, 1.165) is 49.9 Å². The number of fused-ring (bicyclic) bond motifs is 1. The summed E-state index contributed by atoms with van der Waals surface area (Å²) in [7, 11) is 0. The van der Waals surface area contributed by atoms with Gasteiger partial charge in [-0.15, -0.1) is 0 Å². The maximum Gasteiger partial charge on any atom is 0.230 e. The molecule has 1 atom stereocenters. The van der Waals surface area contributed by atoms with Gasteiger partial charge in [0.05, 0.1) is 12.0 Å². The first-order valence-electron chi connectivity index (χ1n) is 8.80. The monoisotopic (exact) mass is 330 g/mol. The maximum absolute atomic E-state index is 12.3. The number of likely N-dealkylation sites (tertiary alicyclic amines) is 1. The van der Waals surface area contributed by atoms with Crippen molar-refractivity contribution in [3.8, 4) is 0 Å². The Balaban J connectivity index is 1.43. The zero-order valence-electron chi connectivity index (χ0n) is 14.2. The van der Waals surface area contributed by atoms with E-state index in [1.165, 1.54) is 0 Å². The second-order valence-electron chi connectivity index (χ2n) is 6.63. The molecule has 0 spiro atoms. The Hall–Kier alpha value is -1.85. The number of nitrogens with zero attached hydrogens (tertiary/aromatic N) is 1. The number of nitrogens with one attached hydrogen (secondary N) is 1. The number of para-hydroxylation sites is 1. The number of hydrogen-bond acceptors (Lipinski definition) is 4. The van der Waals surface area contributed by atoms with Crippen molar-refractivity contribution in [1.82, 2.24) is 10.2 Å². The molecule has 1 aromatic heterocycles. The predicted octanol–water partition coefficient (Wildman–Crippen LogP) is 2.50. The van der Waals surface area contributed by atoms with Gasteiger partial charge in [-0.2, -0.15) is 0 Å². The maximum atomic E-state index is 12.3. The Bertz CT molecular complexity index is 641. The third-order valence-corrected chi connectivity index (χ3v) is 4.77. The fourth-order valence-corrected chi connectivity index (χ4v) is 3.16. The summed E-state index contributed by atoms with van der Waals surface area (Å²) in [5.74, 6) is 0.421. The summed E-state index contributed by atoms with van der Waals surface area (Å²) in [6.07, 6.45) is 2.50. The summed E-state index contributed by atoms with van der Waals surface area (Å²) >= 11 is 0. The van der Waals surface area contributed by atoms with E-state index in [-0.39, 0.29) is 17.9 Å². The van der Waals surface area contributed by atoms with Crippen molar-refractivity contribution in [3.63, 3.8) is 0 Å². The van der Waals surface area contributed by atoms with E-state index in [0.29, 0.717) is 12.3 Å². The fraction of sp³-hybridized carbons (Fsp3) is 0.526. The molecule has 5 nitrogen and oxygen atoms in total. The van der Waals surface area contributed by atoms with Crippen LogP contribution in [0.15, 0.2) is 34.7 Å². The number of carbonyl (C=O) groups excluding carboxylic acids is 1. The van der Waals surface area contributed by atoms with Crippen molar-refractivity contribution in [3.05, 3.63) is 36.1 Å². The summed E-state index contributed by atoms with van der Waals surface area (Å²) in [6.45, 7) is 5.41. The van der Waals surface area contributed by atoms with Crippen LogP contribution in [0.4, 0.5) is 0 Å². The zero-order chi connectivity index (χ0) is 16.9. The molecular formula is C19H26N2O3. The normalized spacial score (nSPS) is 17.9. The third-order valence-electron chi connectivity index (χ3n) is 4.77. The van der Waals surface area contributed by atoms with Gasteiger partial charge in [0.1, 0.15) is 11.3 Å². The summed E-state index contributed by atoms with van der Waals surface area (Å²) in [5, 5.41) is 13.5. The average Bonchev–Trinajstić information content (AvgIpc) is 3.03. The molecule has 0 aliphatic carbocycles. The van der Waals surface area contributed by atoms with E-state index in [4.69, 9.17) is 4.42 Å². The van der Waals surface area contributed by atoms with Gasteiger partial charge in [-0.25, -0.2) is 0 Å². The smallest absolute Gasteiger partial charge is 0.230 e. The van der Waals surface area contributed by atoms with Crippen LogP contribution in [0.5, 0.6) is 0 Å². The Kier molecular flexibility index (Phi) is 5.53. The molecule has 2 N–H and O–H groups in total. The van der Waals surface area contributed by atoms with Crippen LogP contribution in [0.25, 0.3) is 11.0 Å². The molecule has 0 bridgehead atoms. The molecule has 1 aliphatic heterocycles. The average molecular weight is 330 g/mol. The van der Waals surface area contributed by atoms with Crippen LogP contribution < -0.4 is 5.32 Å². The number of hydrogen-bond donors (Lipinski definition) is 2. The van der Waals surface area contributed by atoms with E-state index < -0.39 is 0 Å². The molecule has 3 rings (SSSR count). The van der Waals surface area contributed by atoms with E-state index in [1.54, 1.807) is 0 Å². The first-order chi connectivity index (χ1) is 11.6. The molecule has 24 heavy (non-hydrogen) atoms. The van der Waals surface area contributed by atoms with Gasteiger partial charge in [0.25, 0.3) is 0 Å². The van der Waals surface area contributed by atoms with Crippen LogP contribution in [0.2, 0.25) is 0 Å². The van der Waals surface area contributed by atoms with Crippen LogP contribution in [0.3, 0.4) is 0 Å². The van der Waals surface area contributed by atoms with E-state index >= 15 is 0 Å². The minimum atomic E-state index is -0.289. The third kappa shape index (κ3) is 4.16. The topological polar surface area (TPSA) is 65.7 Å². The summed E-state index contributed by atoms with van der Waals surface area (Å²) in [4.78, 5) is 14.6. The summed E-state index contributed by atoms with van der Waals surface area (Å²) < 4.78 is 5.77. The highest BCUT2D eigenvalue weighted by molar-refractivity contribution is 5.85. The minimum Gasteiger partial charge on any atom is -0.460 e. The van der Waals surface area contributed by atoms with Crippen LogP contribution in [-0.4, -0.2) is 48.2 Å². The molecule has 0 saturated carbocycles. The molecule has 1 unspecified atom stereocenters. The Morgan fingerprint density at radius 3 is 2.88 bits per heavy atom. The first-order valence-corrected chi connectivity index (χ1v) is 8.80. The molecule has 0 radical (unpaired) electrons.